The molecule has 2 amide bonds. The average Bonchev–Trinajstić information content (AvgIpc) is 2.37. The van der Waals surface area contributed by atoms with Crippen molar-refractivity contribution in [3.63, 3.8) is 0 Å². The van der Waals surface area contributed by atoms with Gasteiger partial charge < -0.3 is 25.2 Å². The average molecular weight is 274 g/mol. The molecule has 110 valence electrons. The standard InChI is InChI=1S/C12H22N2O5/c1-8(2)10(5-11(16)17)13-12(18)14-3-4-19-9(6-14)7-15/h8-10,15H,3-7H2,1-2H3,(H,13,18)(H,16,17). The molecule has 1 fully saturated rings. The number of amides is 2. The summed E-state index contributed by atoms with van der Waals surface area (Å²) in [5.74, 6) is -0.899. The molecule has 0 aliphatic carbocycles. The lowest BCUT2D eigenvalue weighted by Gasteiger charge is -2.33. The Morgan fingerprint density at radius 2 is 2.16 bits per heavy atom. The minimum Gasteiger partial charge on any atom is -0.481 e. The van der Waals surface area contributed by atoms with Crippen LogP contribution in [0.5, 0.6) is 0 Å². The van der Waals surface area contributed by atoms with Crippen molar-refractivity contribution in [1.29, 1.82) is 0 Å². The number of aliphatic hydroxyl groups excluding tert-OH is 1. The number of aliphatic hydroxyl groups is 1. The Morgan fingerprint density at radius 1 is 1.47 bits per heavy atom. The van der Waals surface area contributed by atoms with Gasteiger partial charge in [0.25, 0.3) is 0 Å². The van der Waals surface area contributed by atoms with Gasteiger partial charge in [0.2, 0.25) is 0 Å². The Kier molecular flexibility index (Phi) is 6.04. The van der Waals surface area contributed by atoms with Crippen LogP contribution in [0.1, 0.15) is 20.3 Å². The normalized spacial score (nSPS) is 21.3. The summed E-state index contributed by atoms with van der Waals surface area (Å²) < 4.78 is 5.26. The van der Waals surface area contributed by atoms with Crippen LogP contribution in [-0.4, -0.2) is 65.6 Å². The number of morpholine rings is 1. The van der Waals surface area contributed by atoms with E-state index in [9.17, 15) is 9.59 Å². The predicted octanol–water partition coefficient (Wildman–Crippen LogP) is -0.112. The van der Waals surface area contributed by atoms with Crippen molar-refractivity contribution >= 4 is 12.0 Å². The fraction of sp³-hybridized carbons (Fsp3) is 0.833. The number of carboxylic acid groups (broad SMARTS) is 1. The summed E-state index contributed by atoms with van der Waals surface area (Å²) in [6.45, 7) is 4.74. The molecular weight excluding hydrogens is 252 g/mol. The van der Waals surface area contributed by atoms with Crippen molar-refractivity contribution in [2.45, 2.75) is 32.4 Å². The van der Waals surface area contributed by atoms with Crippen molar-refractivity contribution in [1.82, 2.24) is 10.2 Å². The molecule has 19 heavy (non-hydrogen) atoms. The van der Waals surface area contributed by atoms with Gasteiger partial charge in [-0.2, -0.15) is 0 Å². The predicted molar refractivity (Wildman–Crippen MR) is 67.8 cm³/mol. The van der Waals surface area contributed by atoms with Crippen LogP contribution in [0.3, 0.4) is 0 Å². The molecule has 0 bridgehead atoms. The van der Waals surface area contributed by atoms with Gasteiger partial charge in [0.15, 0.2) is 0 Å². The van der Waals surface area contributed by atoms with Gasteiger partial charge in [-0.1, -0.05) is 13.8 Å². The molecule has 1 heterocycles. The summed E-state index contributed by atoms with van der Waals surface area (Å²) in [5.41, 5.74) is 0. The third kappa shape index (κ3) is 5.04. The summed E-state index contributed by atoms with van der Waals surface area (Å²) in [6.07, 6.45) is -0.464. The van der Waals surface area contributed by atoms with Gasteiger partial charge in [-0.05, 0) is 5.92 Å². The number of nitrogens with one attached hydrogen (secondary N) is 1. The van der Waals surface area contributed by atoms with E-state index in [1.807, 2.05) is 13.8 Å². The maximum absolute atomic E-state index is 12.0. The Labute approximate surface area is 112 Å². The van der Waals surface area contributed by atoms with E-state index in [0.29, 0.717) is 19.7 Å². The van der Waals surface area contributed by atoms with Crippen molar-refractivity contribution in [3.05, 3.63) is 0 Å². The number of hydrogen-bond acceptors (Lipinski definition) is 4. The summed E-state index contributed by atoms with van der Waals surface area (Å²) in [5, 5.41) is 20.6. The molecule has 0 aromatic heterocycles. The lowest BCUT2D eigenvalue weighted by atomic mass is 10.0. The van der Waals surface area contributed by atoms with Crippen molar-refractivity contribution in [2.24, 2.45) is 5.92 Å². The molecular formula is C12H22N2O5. The van der Waals surface area contributed by atoms with E-state index >= 15 is 0 Å². The molecule has 0 radical (unpaired) electrons. The third-order valence-electron chi connectivity index (χ3n) is 3.14. The fourth-order valence-electron chi connectivity index (χ4n) is 1.91. The van der Waals surface area contributed by atoms with Crippen molar-refractivity contribution < 1.29 is 24.5 Å². The van der Waals surface area contributed by atoms with E-state index in [4.69, 9.17) is 14.9 Å². The summed E-state index contributed by atoms with van der Waals surface area (Å²) in [7, 11) is 0. The zero-order valence-electron chi connectivity index (χ0n) is 11.3. The molecule has 1 aliphatic rings. The molecule has 1 rings (SSSR count). The van der Waals surface area contributed by atoms with E-state index in [2.05, 4.69) is 5.32 Å². The summed E-state index contributed by atoms with van der Waals surface area (Å²) in [4.78, 5) is 24.3. The lowest BCUT2D eigenvalue weighted by molar-refractivity contribution is -0.137. The first kappa shape index (κ1) is 15.7. The van der Waals surface area contributed by atoms with Gasteiger partial charge in [0.05, 0.1) is 32.3 Å². The van der Waals surface area contributed by atoms with E-state index < -0.39 is 12.0 Å². The molecule has 2 atom stereocenters. The van der Waals surface area contributed by atoms with E-state index in [1.165, 1.54) is 0 Å². The number of carbonyl (C=O) groups excluding carboxylic acids is 1. The molecule has 3 N–H and O–H groups in total. The quantitative estimate of drug-likeness (QED) is 0.649. The van der Waals surface area contributed by atoms with Gasteiger partial charge in [-0.3, -0.25) is 4.79 Å². The van der Waals surface area contributed by atoms with Crippen LogP contribution in [0.4, 0.5) is 4.79 Å². The van der Waals surface area contributed by atoms with Crippen LogP contribution in [0.2, 0.25) is 0 Å². The second kappa shape index (κ2) is 7.30. The van der Waals surface area contributed by atoms with E-state index in [0.717, 1.165) is 0 Å². The maximum atomic E-state index is 12.0. The molecule has 0 saturated carbocycles. The highest BCUT2D eigenvalue weighted by Crippen LogP contribution is 2.09. The molecule has 0 aromatic carbocycles. The van der Waals surface area contributed by atoms with Gasteiger partial charge in [0, 0.05) is 12.6 Å². The lowest BCUT2D eigenvalue weighted by Crippen LogP contribution is -2.53. The Balaban J connectivity index is 2.53. The third-order valence-corrected chi connectivity index (χ3v) is 3.14. The highest BCUT2D eigenvalue weighted by atomic mass is 16.5. The van der Waals surface area contributed by atoms with Crippen LogP contribution < -0.4 is 5.32 Å². The highest BCUT2D eigenvalue weighted by molar-refractivity contribution is 5.76. The zero-order chi connectivity index (χ0) is 14.4. The molecule has 0 spiro atoms. The number of nitrogens with zero attached hydrogens (tertiary/aromatic N) is 1. The molecule has 2 unspecified atom stereocenters. The first-order valence-corrected chi connectivity index (χ1v) is 6.43. The minimum atomic E-state index is -0.936. The van der Waals surface area contributed by atoms with Crippen LogP contribution >= 0.6 is 0 Å². The van der Waals surface area contributed by atoms with E-state index in [-0.39, 0.29) is 31.1 Å². The number of rotatable bonds is 5. The molecule has 7 nitrogen and oxygen atoms in total. The Hall–Kier alpha value is -1.34. The van der Waals surface area contributed by atoms with E-state index in [1.54, 1.807) is 4.90 Å². The topological polar surface area (TPSA) is 99.1 Å². The number of carbonyl (C=O) groups is 2. The molecule has 7 heteroatoms. The second-order valence-electron chi connectivity index (χ2n) is 5.02. The van der Waals surface area contributed by atoms with Gasteiger partial charge in [0.1, 0.15) is 0 Å². The first-order chi connectivity index (χ1) is 8.93. The minimum absolute atomic E-state index is 0.0368. The first-order valence-electron chi connectivity index (χ1n) is 6.43. The van der Waals surface area contributed by atoms with Crippen LogP contribution in [0, 0.1) is 5.92 Å². The molecule has 1 saturated heterocycles. The summed E-state index contributed by atoms with van der Waals surface area (Å²) in [6, 6.07) is -0.706. The zero-order valence-corrected chi connectivity index (χ0v) is 11.3. The monoisotopic (exact) mass is 274 g/mol. The molecule has 1 aliphatic heterocycles. The summed E-state index contributed by atoms with van der Waals surface area (Å²) >= 11 is 0. The van der Waals surface area contributed by atoms with Gasteiger partial charge >= 0.3 is 12.0 Å². The number of aliphatic carboxylic acids is 1. The SMILES string of the molecule is CC(C)C(CC(=O)O)NC(=O)N1CCOC(CO)C1. The Morgan fingerprint density at radius 3 is 2.68 bits per heavy atom. The number of ether oxygens (including phenoxy) is 1. The van der Waals surface area contributed by atoms with Crippen molar-refractivity contribution in [3.8, 4) is 0 Å². The smallest absolute Gasteiger partial charge is 0.317 e. The Bertz CT molecular complexity index is 321. The number of hydrogen-bond donors (Lipinski definition) is 3. The number of carboxylic acids is 1. The second-order valence-corrected chi connectivity index (χ2v) is 5.02. The highest BCUT2D eigenvalue weighted by Gasteiger charge is 2.26. The van der Waals surface area contributed by atoms with Crippen LogP contribution in [0.25, 0.3) is 0 Å². The van der Waals surface area contributed by atoms with Crippen LogP contribution in [0.15, 0.2) is 0 Å². The largest absolute Gasteiger partial charge is 0.481 e. The molecule has 0 aromatic rings. The maximum Gasteiger partial charge on any atom is 0.317 e. The fourth-order valence-corrected chi connectivity index (χ4v) is 1.91. The number of urea groups is 1. The van der Waals surface area contributed by atoms with Crippen LogP contribution in [-0.2, 0) is 9.53 Å². The van der Waals surface area contributed by atoms with Gasteiger partial charge in [-0.15, -0.1) is 0 Å². The van der Waals surface area contributed by atoms with Crippen molar-refractivity contribution in [2.75, 3.05) is 26.3 Å². The van der Waals surface area contributed by atoms with Gasteiger partial charge in [-0.25, -0.2) is 4.79 Å².